The molecule has 0 saturated carbocycles. The second-order valence-electron chi connectivity index (χ2n) is 5.79. The summed E-state index contributed by atoms with van der Waals surface area (Å²) in [6, 6.07) is 0.0531. The van der Waals surface area contributed by atoms with Gasteiger partial charge in [0.25, 0.3) is 0 Å². The molecule has 134 valence electrons. The van der Waals surface area contributed by atoms with Crippen LogP contribution in [-0.2, 0) is 4.79 Å². The van der Waals surface area contributed by atoms with E-state index >= 15 is 0 Å². The number of piperazine rings is 1. The molecule has 2 aliphatic heterocycles. The largest absolute Gasteiger partial charge is 0.355 e. The van der Waals surface area contributed by atoms with Gasteiger partial charge < -0.3 is 20.4 Å². The van der Waals surface area contributed by atoms with Crippen LogP contribution < -0.4 is 10.6 Å². The predicted molar refractivity (Wildman–Crippen MR) is 98.9 cm³/mol. The number of nitrogens with one attached hydrogen (secondary N) is 2. The number of halogens is 3. The van der Waals surface area contributed by atoms with E-state index in [-0.39, 0.29) is 49.2 Å². The van der Waals surface area contributed by atoms with Gasteiger partial charge in [0, 0.05) is 32.7 Å². The zero-order valence-electron chi connectivity index (χ0n) is 13.4. The molecule has 0 aliphatic carbocycles. The maximum atomic E-state index is 11.9. The summed E-state index contributed by atoms with van der Waals surface area (Å²) in [6.45, 7) is 7.55. The Morgan fingerprint density at radius 3 is 2.41 bits per heavy atom. The Morgan fingerprint density at radius 1 is 1.14 bits per heavy atom. The van der Waals surface area contributed by atoms with Gasteiger partial charge in [0.1, 0.15) is 0 Å². The van der Waals surface area contributed by atoms with E-state index < -0.39 is 0 Å². The van der Waals surface area contributed by atoms with Crippen molar-refractivity contribution in [1.29, 1.82) is 0 Å². The van der Waals surface area contributed by atoms with Crippen LogP contribution in [0.5, 0.6) is 0 Å². The Morgan fingerprint density at radius 2 is 1.82 bits per heavy atom. The van der Waals surface area contributed by atoms with Gasteiger partial charge >= 0.3 is 0 Å². The molecule has 0 bridgehead atoms. The van der Waals surface area contributed by atoms with Gasteiger partial charge in [-0.1, -0.05) is 6.42 Å². The van der Waals surface area contributed by atoms with Crippen LogP contribution in [0.25, 0.3) is 0 Å². The lowest BCUT2D eigenvalue weighted by Gasteiger charge is -2.32. The Labute approximate surface area is 153 Å². The average Bonchev–Trinajstić information content (AvgIpc) is 2.46. The van der Waals surface area contributed by atoms with Crippen molar-refractivity contribution in [1.82, 2.24) is 20.4 Å². The molecule has 1 atom stereocenters. The van der Waals surface area contributed by atoms with Gasteiger partial charge in [0.2, 0.25) is 5.91 Å². The quantitative estimate of drug-likeness (QED) is 0.706. The zero-order valence-corrected chi connectivity index (χ0v) is 15.8. The number of piperidine rings is 1. The third-order valence-corrected chi connectivity index (χ3v) is 4.17. The van der Waals surface area contributed by atoms with Crippen LogP contribution >= 0.6 is 37.2 Å². The van der Waals surface area contributed by atoms with Crippen molar-refractivity contribution in [2.75, 3.05) is 52.9 Å². The molecule has 2 N–H and O–H groups in total. The summed E-state index contributed by atoms with van der Waals surface area (Å²) in [4.78, 5) is 16.8. The summed E-state index contributed by atoms with van der Waals surface area (Å²) in [6.07, 6.45) is 4.42. The van der Waals surface area contributed by atoms with Gasteiger partial charge in [0.15, 0.2) is 0 Å². The molecule has 1 unspecified atom stereocenters. The van der Waals surface area contributed by atoms with Crippen LogP contribution in [-0.4, -0.2) is 74.6 Å². The van der Waals surface area contributed by atoms with E-state index in [1.165, 1.54) is 25.9 Å². The topological polar surface area (TPSA) is 47.6 Å². The lowest BCUT2D eigenvalue weighted by Crippen LogP contribution is -2.47. The van der Waals surface area contributed by atoms with Crippen molar-refractivity contribution < 1.29 is 4.79 Å². The first-order valence-electron chi connectivity index (χ1n) is 7.68. The first kappa shape index (κ1) is 24.5. The van der Waals surface area contributed by atoms with Crippen LogP contribution in [0.2, 0.25) is 0 Å². The van der Waals surface area contributed by atoms with Crippen molar-refractivity contribution in [2.45, 2.75) is 31.7 Å². The number of nitrogens with zero attached hydrogens (tertiary/aromatic N) is 2. The van der Waals surface area contributed by atoms with Gasteiger partial charge in [-0.15, -0.1) is 37.2 Å². The van der Waals surface area contributed by atoms with Gasteiger partial charge in [-0.2, -0.15) is 0 Å². The molecule has 0 radical (unpaired) electrons. The normalized spacial score (nSPS) is 22.7. The van der Waals surface area contributed by atoms with E-state index in [1.54, 1.807) is 0 Å². The van der Waals surface area contributed by atoms with Crippen molar-refractivity contribution in [2.24, 2.45) is 0 Å². The average molecular weight is 378 g/mol. The van der Waals surface area contributed by atoms with Crippen LogP contribution in [0.15, 0.2) is 0 Å². The predicted octanol–water partition coefficient (Wildman–Crippen LogP) is 1.15. The summed E-state index contributed by atoms with van der Waals surface area (Å²) in [5.74, 6) is 0.193. The molecule has 2 heterocycles. The minimum atomic E-state index is 0. The fourth-order valence-electron chi connectivity index (χ4n) is 2.78. The van der Waals surface area contributed by atoms with E-state index in [4.69, 9.17) is 0 Å². The Hall–Kier alpha value is 0.220. The molecule has 2 saturated heterocycles. The molecule has 8 heteroatoms. The van der Waals surface area contributed by atoms with Crippen LogP contribution in [0.3, 0.4) is 0 Å². The Kier molecular flexibility index (Phi) is 15.2. The summed E-state index contributed by atoms with van der Waals surface area (Å²) < 4.78 is 0. The molecular formula is C14H31Cl3N4O. The number of carbonyl (C=O) groups is 1. The lowest BCUT2D eigenvalue weighted by atomic mass is 10.0. The molecule has 0 spiro atoms. The first-order valence-corrected chi connectivity index (χ1v) is 7.68. The molecular weight excluding hydrogens is 347 g/mol. The van der Waals surface area contributed by atoms with Crippen LogP contribution in [0, 0.1) is 0 Å². The van der Waals surface area contributed by atoms with Gasteiger partial charge in [-0.3, -0.25) is 4.79 Å². The van der Waals surface area contributed by atoms with Crippen molar-refractivity contribution >= 4 is 43.1 Å². The molecule has 0 aromatic rings. The van der Waals surface area contributed by atoms with Crippen LogP contribution in [0.1, 0.15) is 25.7 Å². The summed E-state index contributed by atoms with van der Waals surface area (Å²) in [5, 5.41) is 6.35. The third kappa shape index (κ3) is 8.75. The highest BCUT2D eigenvalue weighted by Crippen LogP contribution is 2.06. The van der Waals surface area contributed by atoms with Gasteiger partial charge in [0.05, 0.1) is 6.04 Å². The number of likely N-dealkylation sites (N-methyl/N-ethyl adjacent to an activating group) is 1. The fraction of sp³-hybridized carbons (Fsp3) is 0.929. The minimum Gasteiger partial charge on any atom is -0.355 e. The lowest BCUT2D eigenvalue weighted by molar-refractivity contribution is -0.123. The third-order valence-electron chi connectivity index (χ3n) is 4.17. The monoisotopic (exact) mass is 376 g/mol. The van der Waals surface area contributed by atoms with Crippen molar-refractivity contribution in [3.63, 3.8) is 0 Å². The van der Waals surface area contributed by atoms with E-state index in [1.807, 2.05) is 0 Å². The highest BCUT2D eigenvalue weighted by Gasteiger charge is 2.19. The molecule has 22 heavy (non-hydrogen) atoms. The SMILES string of the molecule is CN1CCN(CCCNC(=O)C2CCCCN2)CC1.Cl.Cl.Cl. The Balaban J connectivity index is 0. The van der Waals surface area contributed by atoms with Crippen molar-refractivity contribution in [3.8, 4) is 0 Å². The summed E-state index contributed by atoms with van der Waals surface area (Å²) >= 11 is 0. The van der Waals surface area contributed by atoms with Crippen LogP contribution in [0.4, 0.5) is 0 Å². The number of hydrogen-bond donors (Lipinski definition) is 2. The molecule has 5 nitrogen and oxygen atoms in total. The second-order valence-corrected chi connectivity index (χ2v) is 5.79. The highest BCUT2D eigenvalue weighted by atomic mass is 35.5. The zero-order chi connectivity index (χ0) is 13.5. The highest BCUT2D eigenvalue weighted by molar-refractivity contribution is 5.86. The molecule has 2 fully saturated rings. The smallest absolute Gasteiger partial charge is 0.237 e. The first-order chi connectivity index (χ1) is 9.25. The van der Waals surface area contributed by atoms with E-state index in [0.717, 1.165) is 45.6 Å². The standard InChI is InChI=1S/C14H28N4O.3ClH/c1-17-9-11-18(12-10-17)8-4-7-16-14(19)13-5-2-3-6-15-13;;;/h13,15H,2-12H2,1H3,(H,16,19);3*1H. The summed E-state index contributed by atoms with van der Waals surface area (Å²) in [7, 11) is 2.18. The van der Waals surface area contributed by atoms with E-state index in [2.05, 4.69) is 27.5 Å². The minimum absolute atomic E-state index is 0. The van der Waals surface area contributed by atoms with E-state index in [9.17, 15) is 4.79 Å². The fourth-order valence-corrected chi connectivity index (χ4v) is 2.78. The van der Waals surface area contributed by atoms with Gasteiger partial charge in [-0.25, -0.2) is 0 Å². The maximum Gasteiger partial charge on any atom is 0.237 e. The van der Waals surface area contributed by atoms with Gasteiger partial charge in [-0.05, 0) is 39.4 Å². The molecule has 0 aromatic carbocycles. The number of carbonyl (C=O) groups excluding carboxylic acids is 1. The molecule has 1 amide bonds. The number of amides is 1. The summed E-state index contributed by atoms with van der Waals surface area (Å²) in [5.41, 5.74) is 0. The molecule has 2 rings (SSSR count). The number of hydrogen-bond acceptors (Lipinski definition) is 4. The molecule has 2 aliphatic rings. The maximum absolute atomic E-state index is 11.9. The molecule has 0 aromatic heterocycles. The Bertz CT molecular complexity index is 283. The number of rotatable bonds is 5. The van der Waals surface area contributed by atoms with E-state index in [0.29, 0.717) is 0 Å². The second kappa shape index (κ2) is 13.6. The van der Waals surface area contributed by atoms with Crippen molar-refractivity contribution in [3.05, 3.63) is 0 Å².